The molecule has 1 aromatic heterocycles. The van der Waals surface area contributed by atoms with Crippen LogP contribution in [-0.4, -0.2) is 49.7 Å². The van der Waals surface area contributed by atoms with Gasteiger partial charge in [-0.15, -0.1) is 11.8 Å². The number of rotatable bonds is 2. The highest BCUT2D eigenvalue weighted by atomic mass is 32.2. The average Bonchev–Trinajstić information content (AvgIpc) is 2.72. The van der Waals surface area contributed by atoms with Gasteiger partial charge in [-0.1, -0.05) is 0 Å². The number of thioether (sulfide) groups is 1. The molecule has 0 aliphatic carbocycles. The SMILES string of the molecule is CN(O)C(=O)[C@@]1(C)CSC(c2ncccc2O)=N1. The highest BCUT2D eigenvalue weighted by molar-refractivity contribution is 8.14. The number of aliphatic imine (C=N–C) groups is 1. The first-order chi connectivity index (χ1) is 8.44. The monoisotopic (exact) mass is 267 g/mol. The molecule has 0 saturated heterocycles. The predicted octanol–water partition coefficient (Wildman–Crippen LogP) is 0.887. The van der Waals surface area contributed by atoms with Crippen molar-refractivity contribution in [3.05, 3.63) is 24.0 Å². The van der Waals surface area contributed by atoms with Crippen molar-refractivity contribution < 1.29 is 15.1 Å². The average molecular weight is 267 g/mol. The molecule has 2 rings (SSSR count). The number of hydrogen-bond acceptors (Lipinski definition) is 6. The first-order valence-electron chi connectivity index (χ1n) is 5.28. The standard InChI is InChI=1S/C11H13N3O3S/c1-11(10(16)14(2)17)6-18-9(13-11)8-7(15)4-3-5-12-8/h3-5,15,17H,6H2,1-2H3/t11-/m1/s1. The van der Waals surface area contributed by atoms with Crippen LogP contribution in [-0.2, 0) is 4.79 Å². The van der Waals surface area contributed by atoms with Gasteiger partial charge in [0.25, 0.3) is 5.91 Å². The number of hydrogen-bond donors (Lipinski definition) is 2. The van der Waals surface area contributed by atoms with Gasteiger partial charge in [0.15, 0.2) is 0 Å². The Morgan fingerprint density at radius 3 is 2.94 bits per heavy atom. The second-order valence-electron chi connectivity index (χ2n) is 4.18. The number of aromatic nitrogens is 1. The quantitative estimate of drug-likeness (QED) is 0.614. The van der Waals surface area contributed by atoms with Crippen LogP contribution in [0.15, 0.2) is 23.3 Å². The van der Waals surface area contributed by atoms with Crippen LogP contribution in [0.1, 0.15) is 12.6 Å². The van der Waals surface area contributed by atoms with Crippen LogP contribution >= 0.6 is 11.8 Å². The van der Waals surface area contributed by atoms with E-state index in [-0.39, 0.29) is 5.75 Å². The summed E-state index contributed by atoms with van der Waals surface area (Å²) in [6.45, 7) is 1.64. The van der Waals surface area contributed by atoms with Crippen molar-refractivity contribution in [1.29, 1.82) is 0 Å². The number of carbonyl (C=O) groups is 1. The van der Waals surface area contributed by atoms with Crippen LogP contribution < -0.4 is 0 Å². The first kappa shape index (κ1) is 12.8. The molecule has 1 aliphatic rings. The number of pyridine rings is 1. The Labute approximate surface area is 108 Å². The van der Waals surface area contributed by atoms with Crippen molar-refractivity contribution in [3.63, 3.8) is 0 Å². The third-order valence-corrected chi connectivity index (χ3v) is 3.85. The van der Waals surface area contributed by atoms with Gasteiger partial charge in [-0.2, -0.15) is 0 Å². The second kappa shape index (κ2) is 4.58. The zero-order valence-electron chi connectivity index (χ0n) is 9.99. The normalized spacial score (nSPS) is 22.7. The number of amides is 1. The Bertz CT molecular complexity index is 518. The number of aromatic hydroxyl groups is 1. The summed E-state index contributed by atoms with van der Waals surface area (Å²) in [6.07, 6.45) is 1.55. The van der Waals surface area contributed by atoms with Gasteiger partial charge in [-0.05, 0) is 19.1 Å². The lowest BCUT2D eigenvalue weighted by Crippen LogP contribution is -2.43. The van der Waals surface area contributed by atoms with Crippen molar-refractivity contribution in [1.82, 2.24) is 10.0 Å². The van der Waals surface area contributed by atoms with E-state index in [0.29, 0.717) is 21.6 Å². The van der Waals surface area contributed by atoms with Gasteiger partial charge < -0.3 is 5.11 Å². The summed E-state index contributed by atoms with van der Waals surface area (Å²) in [7, 11) is 1.27. The maximum absolute atomic E-state index is 11.8. The van der Waals surface area contributed by atoms with Crippen molar-refractivity contribution in [2.45, 2.75) is 12.5 Å². The first-order valence-corrected chi connectivity index (χ1v) is 6.26. The summed E-state index contributed by atoms with van der Waals surface area (Å²) < 4.78 is 0. The Morgan fingerprint density at radius 2 is 2.33 bits per heavy atom. The zero-order chi connectivity index (χ0) is 13.3. The fourth-order valence-corrected chi connectivity index (χ4v) is 2.80. The van der Waals surface area contributed by atoms with E-state index < -0.39 is 11.4 Å². The van der Waals surface area contributed by atoms with Crippen molar-refractivity contribution in [2.75, 3.05) is 12.8 Å². The third kappa shape index (κ3) is 2.19. The molecule has 0 fully saturated rings. The van der Waals surface area contributed by atoms with Gasteiger partial charge in [0.05, 0.1) is 0 Å². The summed E-state index contributed by atoms with van der Waals surface area (Å²) in [6, 6.07) is 3.13. The van der Waals surface area contributed by atoms with Gasteiger partial charge in [0.1, 0.15) is 22.0 Å². The summed E-state index contributed by atoms with van der Waals surface area (Å²) >= 11 is 1.33. The minimum atomic E-state index is -1.02. The van der Waals surface area contributed by atoms with Crippen molar-refractivity contribution >= 4 is 22.7 Å². The summed E-state index contributed by atoms with van der Waals surface area (Å²) in [4.78, 5) is 20.1. The number of carbonyl (C=O) groups excluding carboxylic acids is 1. The van der Waals surface area contributed by atoms with E-state index in [1.54, 1.807) is 19.2 Å². The minimum absolute atomic E-state index is 0.0257. The van der Waals surface area contributed by atoms with E-state index >= 15 is 0 Å². The fraction of sp³-hybridized carbons (Fsp3) is 0.364. The molecule has 96 valence electrons. The van der Waals surface area contributed by atoms with Gasteiger partial charge in [-0.3, -0.25) is 20.0 Å². The van der Waals surface area contributed by atoms with Crippen LogP contribution in [0.4, 0.5) is 0 Å². The van der Waals surface area contributed by atoms with E-state index in [0.717, 1.165) is 0 Å². The van der Waals surface area contributed by atoms with E-state index in [4.69, 9.17) is 0 Å². The molecular formula is C11H13N3O3S. The van der Waals surface area contributed by atoms with Crippen molar-refractivity contribution in [2.24, 2.45) is 4.99 Å². The van der Waals surface area contributed by atoms with Gasteiger partial charge >= 0.3 is 0 Å². The molecule has 0 unspecified atom stereocenters. The van der Waals surface area contributed by atoms with Crippen LogP contribution in [0, 0.1) is 0 Å². The number of hydroxylamine groups is 2. The van der Waals surface area contributed by atoms with Gasteiger partial charge in [-0.25, -0.2) is 5.06 Å². The van der Waals surface area contributed by atoms with Crippen LogP contribution in [0.5, 0.6) is 5.75 Å². The molecule has 1 atom stereocenters. The molecule has 0 bridgehead atoms. The lowest BCUT2D eigenvalue weighted by Gasteiger charge is -2.21. The number of nitrogens with zero attached hydrogens (tertiary/aromatic N) is 3. The molecule has 1 aliphatic heterocycles. The molecule has 18 heavy (non-hydrogen) atoms. The van der Waals surface area contributed by atoms with Crippen molar-refractivity contribution in [3.8, 4) is 5.75 Å². The summed E-state index contributed by atoms with van der Waals surface area (Å²) in [5.41, 5.74) is -0.660. The highest BCUT2D eigenvalue weighted by Crippen LogP contribution is 2.33. The lowest BCUT2D eigenvalue weighted by molar-refractivity contribution is -0.163. The van der Waals surface area contributed by atoms with E-state index in [1.165, 1.54) is 24.9 Å². The molecule has 1 aromatic rings. The largest absolute Gasteiger partial charge is 0.506 e. The summed E-state index contributed by atoms with van der Waals surface area (Å²) in [5, 5.41) is 19.9. The fourth-order valence-electron chi connectivity index (χ4n) is 1.64. The molecule has 0 saturated carbocycles. The molecule has 7 heteroatoms. The third-order valence-electron chi connectivity index (χ3n) is 2.58. The van der Waals surface area contributed by atoms with Gasteiger partial charge in [0.2, 0.25) is 0 Å². The Morgan fingerprint density at radius 1 is 1.61 bits per heavy atom. The Hall–Kier alpha value is -1.60. The Balaban J connectivity index is 2.34. The topological polar surface area (TPSA) is 86.0 Å². The van der Waals surface area contributed by atoms with Crippen LogP contribution in [0.3, 0.4) is 0 Å². The molecule has 6 nitrogen and oxygen atoms in total. The Kier molecular flexibility index (Phi) is 3.27. The highest BCUT2D eigenvalue weighted by Gasteiger charge is 2.41. The maximum Gasteiger partial charge on any atom is 0.274 e. The van der Waals surface area contributed by atoms with E-state index in [9.17, 15) is 15.1 Å². The van der Waals surface area contributed by atoms with Crippen LogP contribution in [0.25, 0.3) is 0 Å². The van der Waals surface area contributed by atoms with E-state index in [1.807, 2.05) is 0 Å². The summed E-state index contributed by atoms with van der Waals surface area (Å²) in [5.74, 6) is -0.0551. The number of likely N-dealkylation sites (N-methyl/N-ethyl adjacent to an activating group) is 1. The minimum Gasteiger partial charge on any atom is -0.506 e. The molecule has 0 spiro atoms. The lowest BCUT2D eigenvalue weighted by atomic mass is 10.1. The van der Waals surface area contributed by atoms with E-state index in [2.05, 4.69) is 9.98 Å². The smallest absolute Gasteiger partial charge is 0.274 e. The molecule has 2 heterocycles. The zero-order valence-corrected chi connectivity index (χ0v) is 10.8. The molecule has 0 radical (unpaired) electrons. The molecule has 2 N–H and O–H groups in total. The van der Waals surface area contributed by atoms with Crippen LogP contribution in [0.2, 0.25) is 0 Å². The van der Waals surface area contributed by atoms with Gasteiger partial charge in [0, 0.05) is 19.0 Å². The molecule has 1 amide bonds. The molecule has 0 aromatic carbocycles. The molecular weight excluding hydrogens is 254 g/mol. The maximum atomic E-state index is 11.8. The second-order valence-corrected chi connectivity index (χ2v) is 5.14. The predicted molar refractivity (Wildman–Crippen MR) is 67.9 cm³/mol.